The Balaban J connectivity index is 2.13. The largest absolute Gasteiger partial charge is 0.366 e. The van der Waals surface area contributed by atoms with E-state index in [4.69, 9.17) is 0 Å². The quantitative estimate of drug-likeness (QED) is 0.749. The molecule has 2 rings (SSSR count). The lowest BCUT2D eigenvalue weighted by molar-refractivity contribution is 0.0988. The molecule has 0 N–H and O–H groups in total. The molecule has 2 aromatic rings. The highest BCUT2D eigenvalue weighted by Gasteiger charge is 2.08. The summed E-state index contributed by atoms with van der Waals surface area (Å²) in [6.45, 7) is 5.68. The zero-order valence-electron chi connectivity index (χ0n) is 12.0. The molecule has 3 heteroatoms. The van der Waals surface area contributed by atoms with Crippen molar-refractivity contribution in [2.45, 2.75) is 26.8 Å². The summed E-state index contributed by atoms with van der Waals surface area (Å²) in [6.07, 6.45) is 2.36. The van der Waals surface area contributed by atoms with Crippen molar-refractivity contribution < 1.29 is 4.79 Å². The van der Waals surface area contributed by atoms with Crippen molar-refractivity contribution in [1.82, 2.24) is 4.98 Å². The maximum Gasteiger partial charge on any atom is 0.162 e. The van der Waals surface area contributed by atoms with Crippen LogP contribution in [0.25, 0.3) is 0 Å². The molecule has 0 saturated heterocycles. The predicted molar refractivity (Wildman–Crippen MR) is 82.0 cm³/mol. The number of aromatic nitrogens is 1. The van der Waals surface area contributed by atoms with Crippen molar-refractivity contribution in [3.8, 4) is 0 Å². The predicted octanol–water partition coefficient (Wildman–Crippen LogP) is 3.70. The van der Waals surface area contributed by atoms with E-state index in [9.17, 15) is 4.79 Å². The van der Waals surface area contributed by atoms with Crippen LogP contribution in [0, 0.1) is 0 Å². The second-order valence-electron chi connectivity index (χ2n) is 4.66. The van der Waals surface area contributed by atoms with Gasteiger partial charge in [0.25, 0.3) is 0 Å². The molecule has 0 atom stereocenters. The molecule has 0 fully saturated rings. The molecule has 3 nitrogen and oxygen atoms in total. The molecular weight excluding hydrogens is 248 g/mol. The first kappa shape index (κ1) is 14.3. The number of nitrogens with zero attached hydrogens (tertiary/aromatic N) is 2. The Labute approximate surface area is 120 Å². The van der Waals surface area contributed by atoms with E-state index < -0.39 is 0 Å². The summed E-state index contributed by atoms with van der Waals surface area (Å²) in [7, 11) is 0. The third-order valence-electron chi connectivity index (χ3n) is 3.34. The van der Waals surface area contributed by atoms with E-state index in [1.54, 1.807) is 0 Å². The van der Waals surface area contributed by atoms with Gasteiger partial charge in [-0.2, -0.15) is 0 Å². The van der Waals surface area contributed by atoms with Crippen molar-refractivity contribution in [2.75, 3.05) is 11.4 Å². The Morgan fingerprint density at radius 2 is 1.85 bits per heavy atom. The summed E-state index contributed by atoms with van der Waals surface area (Å²) >= 11 is 0. The summed E-state index contributed by atoms with van der Waals surface area (Å²) in [5.41, 5.74) is 2.94. The standard InChI is InChI=1S/C17H20N2O/c1-3-17(20)14-8-10-16(11-9-14)19(4-2)13-15-7-5-6-12-18-15/h5-12H,3-4,13H2,1-2H3. The minimum atomic E-state index is 0.185. The number of hydrogen-bond acceptors (Lipinski definition) is 3. The van der Waals surface area contributed by atoms with Crippen LogP contribution in [0.2, 0.25) is 0 Å². The molecule has 0 saturated carbocycles. The molecule has 0 unspecified atom stereocenters. The van der Waals surface area contributed by atoms with Gasteiger partial charge in [-0.1, -0.05) is 13.0 Å². The summed E-state index contributed by atoms with van der Waals surface area (Å²) in [4.78, 5) is 18.2. The smallest absolute Gasteiger partial charge is 0.162 e. The number of ketones is 1. The summed E-state index contributed by atoms with van der Waals surface area (Å²) in [5.74, 6) is 0.185. The van der Waals surface area contributed by atoms with Gasteiger partial charge in [-0.05, 0) is 43.3 Å². The molecule has 20 heavy (non-hydrogen) atoms. The number of carbonyl (C=O) groups excluding carboxylic acids is 1. The van der Waals surface area contributed by atoms with Gasteiger partial charge in [0.15, 0.2) is 5.78 Å². The van der Waals surface area contributed by atoms with Crippen LogP contribution in [-0.4, -0.2) is 17.3 Å². The average Bonchev–Trinajstić information content (AvgIpc) is 2.53. The van der Waals surface area contributed by atoms with Crippen LogP contribution >= 0.6 is 0 Å². The van der Waals surface area contributed by atoms with Crippen LogP contribution in [0.4, 0.5) is 5.69 Å². The molecule has 0 radical (unpaired) electrons. The highest BCUT2D eigenvalue weighted by Crippen LogP contribution is 2.18. The van der Waals surface area contributed by atoms with Crippen LogP contribution in [0.1, 0.15) is 36.3 Å². The van der Waals surface area contributed by atoms with Crippen molar-refractivity contribution in [1.29, 1.82) is 0 Å². The van der Waals surface area contributed by atoms with Crippen LogP contribution in [0.5, 0.6) is 0 Å². The topological polar surface area (TPSA) is 33.2 Å². The van der Waals surface area contributed by atoms with Gasteiger partial charge in [-0.15, -0.1) is 0 Å². The lowest BCUT2D eigenvalue weighted by atomic mass is 10.1. The van der Waals surface area contributed by atoms with E-state index in [0.717, 1.165) is 30.0 Å². The molecule has 0 spiro atoms. The zero-order chi connectivity index (χ0) is 14.4. The Bertz CT molecular complexity index is 549. The molecule has 0 amide bonds. The van der Waals surface area contributed by atoms with Crippen molar-refractivity contribution in [3.63, 3.8) is 0 Å². The fourth-order valence-electron chi connectivity index (χ4n) is 2.14. The monoisotopic (exact) mass is 268 g/mol. The maximum atomic E-state index is 11.6. The van der Waals surface area contributed by atoms with Gasteiger partial charge in [0.1, 0.15) is 0 Å². The normalized spacial score (nSPS) is 10.3. The Hall–Kier alpha value is -2.16. The number of benzene rings is 1. The minimum absolute atomic E-state index is 0.185. The molecule has 1 aromatic carbocycles. The van der Waals surface area contributed by atoms with Crippen molar-refractivity contribution >= 4 is 11.5 Å². The van der Waals surface area contributed by atoms with Gasteiger partial charge < -0.3 is 4.90 Å². The number of Topliss-reactive ketones (excluding diaryl/α,β-unsaturated/α-hetero) is 1. The van der Waals surface area contributed by atoms with Crippen LogP contribution < -0.4 is 4.90 Å². The Kier molecular flexibility index (Phi) is 4.88. The number of pyridine rings is 1. The average molecular weight is 268 g/mol. The first-order valence-electron chi connectivity index (χ1n) is 7.02. The second-order valence-corrected chi connectivity index (χ2v) is 4.66. The number of rotatable bonds is 6. The van der Waals surface area contributed by atoms with E-state index in [-0.39, 0.29) is 5.78 Å². The minimum Gasteiger partial charge on any atom is -0.366 e. The third-order valence-corrected chi connectivity index (χ3v) is 3.34. The molecule has 1 aromatic heterocycles. The molecule has 104 valence electrons. The highest BCUT2D eigenvalue weighted by molar-refractivity contribution is 5.96. The number of anilines is 1. The van der Waals surface area contributed by atoms with Crippen molar-refractivity contribution in [3.05, 3.63) is 59.9 Å². The van der Waals surface area contributed by atoms with Gasteiger partial charge in [0.2, 0.25) is 0 Å². The maximum absolute atomic E-state index is 11.6. The molecular formula is C17H20N2O. The summed E-state index contributed by atoms with van der Waals surface area (Å²) in [5, 5.41) is 0. The first-order valence-corrected chi connectivity index (χ1v) is 7.02. The van der Waals surface area contributed by atoms with E-state index in [2.05, 4.69) is 16.8 Å². The summed E-state index contributed by atoms with van der Waals surface area (Å²) in [6, 6.07) is 13.8. The van der Waals surface area contributed by atoms with E-state index in [0.29, 0.717) is 6.42 Å². The highest BCUT2D eigenvalue weighted by atomic mass is 16.1. The van der Waals surface area contributed by atoms with Crippen molar-refractivity contribution in [2.24, 2.45) is 0 Å². The first-order chi connectivity index (χ1) is 9.74. The third kappa shape index (κ3) is 3.44. The summed E-state index contributed by atoms with van der Waals surface area (Å²) < 4.78 is 0. The molecule has 0 bridgehead atoms. The fraction of sp³-hybridized carbons (Fsp3) is 0.294. The molecule has 0 aliphatic carbocycles. The van der Waals surface area contributed by atoms with Gasteiger partial charge in [0, 0.05) is 30.4 Å². The van der Waals surface area contributed by atoms with E-state index in [1.807, 2.05) is 55.6 Å². The van der Waals surface area contributed by atoms with E-state index >= 15 is 0 Å². The lowest BCUT2D eigenvalue weighted by Gasteiger charge is -2.22. The lowest BCUT2D eigenvalue weighted by Crippen LogP contribution is -2.22. The Morgan fingerprint density at radius 3 is 2.40 bits per heavy atom. The Morgan fingerprint density at radius 1 is 1.10 bits per heavy atom. The number of hydrogen-bond donors (Lipinski definition) is 0. The fourth-order valence-corrected chi connectivity index (χ4v) is 2.14. The van der Waals surface area contributed by atoms with Gasteiger partial charge in [-0.25, -0.2) is 0 Å². The van der Waals surface area contributed by atoms with Crippen LogP contribution in [0.3, 0.4) is 0 Å². The molecule has 0 aliphatic rings. The zero-order valence-corrected chi connectivity index (χ0v) is 12.0. The molecule has 0 aliphatic heterocycles. The SMILES string of the molecule is CCC(=O)c1ccc(N(CC)Cc2ccccn2)cc1. The van der Waals surface area contributed by atoms with Crippen LogP contribution in [-0.2, 0) is 6.54 Å². The van der Waals surface area contributed by atoms with E-state index in [1.165, 1.54) is 0 Å². The van der Waals surface area contributed by atoms with Gasteiger partial charge in [0.05, 0.1) is 12.2 Å². The number of carbonyl (C=O) groups is 1. The van der Waals surface area contributed by atoms with Gasteiger partial charge in [-0.3, -0.25) is 9.78 Å². The second kappa shape index (κ2) is 6.85. The molecule has 1 heterocycles. The van der Waals surface area contributed by atoms with Gasteiger partial charge >= 0.3 is 0 Å². The van der Waals surface area contributed by atoms with Crippen LogP contribution in [0.15, 0.2) is 48.7 Å².